The predicted molar refractivity (Wildman–Crippen MR) is 98.4 cm³/mol. The van der Waals surface area contributed by atoms with Crippen LogP contribution in [-0.4, -0.2) is 42.6 Å². The fourth-order valence-electron chi connectivity index (χ4n) is 3.17. The number of alkyl halides is 3. The zero-order chi connectivity index (χ0) is 21.7. The summed E-state index contributed by atoms with van der Waals surface area (Å²) in [7, 11) is 0. The topological polar surface area (TPSA) is 55.8 Å². The molecule has 0 unspecified atom stereocenters. The number of esters is 1. The van der Waals surface area contributed by atoms with Gasteiger partial charge in [0.05, 0.1) is 11.1 Å². The van der Waals surface area contributed by atoms with Crippen LogP contribution < -0.4 is 4.74 Å². The van der Waals surface area contributed by atoms with Gasteiger partial charge in [-0.05, 0) is 24.3 Å². The van der Waals surface area contributed by atoms with Crippen LogP contribution in [-0.2, 0) is 15.7 Å². The predicted octanol–water partition coefficient (Wildman–Crippen LogP) is 4.07. The van der Waals surface area contributed by atoms with E-state index >= 15 is 0 Å². The first kappa shape index (κ1) is 21.6. The molecule has 0 aromatic heterocycles. The third kappa shape index (κ3) is 5.28. The van der Waals surface area contributed by atoms with Gasteiger partial charge in [0.15, 0.2) is 6.61 Å². The molecule has 5 nitrogen and oxygen atoms in total. The molecule has 0 bridgehead atoms. The van der Waals surface area contributed by atoms with Gasteiger partial charge in [-0.3, -0.25) is 4.79 Å². The van der Waals surface area contributed by atoms with E-state index in [1.54, 1.807) is 6.07 Å². The molecular weight excluding hydrogens is 406 g/mol. The third-order valence-corrected chi connectivity index (χ3v) is 4.67. The van der Waals surface area contributed by atoms with Gasteiger partial charge in [-0.25, -0.2) is 9.18 Å². The SMILES string of the molecule is O=C(COc1ccccc1C(F)(F)F)OC1CCN(C(=O)c2ccccc2F)CC1. The van der Waals surface area contributed by atoms with Crippen molar-refractivity contribution in [3.63, 3.8) is 0 Å². The van der Waals surface area contributed by atoms with E-state index in [1.807, 2.05) is 0 Å². The van der Waals surface area contributed by atoms with Gasteiger partial charge >= 0.3 is 12.1 Å². The molecule has 1 fully saturated rings. The number of carbonyl (C=O) groups excluding carboxylic acids is 2. The van der Waals surface area contributed by atoms with Crippen molar-refractivity contribution < 1.29 is 36.6 Å². The fourth-order valence-corrected chi connectivity index (χ4v) is 3.17. The van der Waals surface area contributed by atoms with Crippen molar-refractivity contribution in [2.75, 3.05) is 19.7 Å². The lowest BCUT2D eigenvalue weighted by atomic mass is 10.1. The van der Waals surface area contributed by atoms with Crippen molar-refractivity contribution in [2.45, 2.75) is 25.1 Å². The number of amides is 1. The van der Waals surface area contributed by atoms with Gasteiger partial charge in [0, 0.05) is 25.9 Å². The molecule has 3 rings (SSSR count). The number of likely N-dealkylation sites (tertiary alicyclic amines) is 1. The highest BCUT2D eigenvalue weighted by Crippen LogP contribution is 2.35. The number of nitrogens with zero attached hydrogens (tertiary/aromatic N) is 1. The maximum absolute atomic E-state index is 13.8. The fraction of sp³-hybridized carbons (Fsp3) is 0.333. The summed E-state index contributed by atoms with van der Waals surface area (Å²) in [5.74, 6) is -2.30. The molecule has 0 atom stereocenters. The second-order valence-corrected chi connectivity index (χ2v) is 6.74. The van der Waals surface area contributed by atoms with E-state index in [0.717, 1.165) is 12.1 Å². The van der Waals surface area contributed by atoms with Crippen molar-refractivity contribution in [2.24, 2.45) is 0 Å². The van der Waals surface area contributed by atoms with Crippen molar-refractivity contribution in [3.8, 4) is 5.75 Å². The monoisotopic (exact) mass is 425 g/mol. The summed E-state index contributed by atoms with van der Waals surface area (Å²) in [5.41, 5.74) is -0.998. The summed E-state index contributed by atoms with van der Waals surface area (Å²) >= 11 is 0. The number of rotatable bonds is 5. The molecule has 0 N–H and O–H groups in total. The minimum Gasteiger partial charge on any atom is -0.481 e. The standard InChI is InChI=1S/C21H19F4NO4/c22-17-7-3-1-5-15(17)20(28)26-11-9-14(10-12-26)30-19(27)13-29-18-8-4-2-6-16(18)21(23,24)25/h1-8,14H,9-13H2. The summed E-state index contributed by atoms with van der Waals surface area (Å²) in [4.78, 5) is 25.8. The molecule has 1 heterocycles. The van der Waals surface area contributed by atoms with Crippen LogP contribution in [0.2, 0.25) is 0 Å². The first-order chi connectivity index (χ1) is 14.3. The Hall–Kier alpha value is -3.10. The molecule has 1 aliphatic heterocycles. The summed E-state index contributed by atoms with van der Waals surface area (Å²) in [6, 6.07) is 10.3. The summed E-state index contributed by atoms with van der Waals surface area (Å²) in [6.07, 6.45) is -4.42. The molecule has 0 radical (unpaired) electrons. The first-order valence-electron chi connectivity index (χ1n) is 9.28. The van der Waals surface area contributed by atoms with Crippen LogP contribution in [0.3, 0.4) is 0 Å². The summed E-state index contributed by atoms with van der Waals surface area (Å²) in [5, 5.41) is 0. The molecule has 9 heteroatoms. The van der Waals surface area contributed by atoms with E-state index in [9.17, 15) is 27.2 Å². The Bertz CT molecular complexity index is 908. The van der Waals surface area contributed by atoms with E-state index in [0.29, 0.717) is 12.8 Å². The number of hydrogen-bond acceptors (Lipinski definition) is 4. The molecule has 1 amide bonds. The van der Waals surface area contributed by atoms with E-state index in [4.69, 9.17) is 9.47 Å². The zero-order valence-corrected chi connectivity index (χ0v) is 15.8. The zero-order valence-electron chi connectivity index (χ0n) is 15.8. The second kappa shape index (κ2) is 9.15. The van der Waals surface area contributed by atoms with Crippen molar-refractivity contribution in [1.82, 2.24) is 4.90 Å². The highest BCUT2D eigenvalue weighted by Gasteiger charge is 2.34. The number of ether oxygens (including phenoxy) is 2. The Labute approximate surface area is 170 Å². The quantitative estimate of drug-likeness (QED) is 0.535. The van der Waals surface area contributed by atoms with Gasteiger partial charge in [0.1, 0.15) is 17.7 Å². The minimum atomic E-state index is -4.60. The molecule has 0 spiro atoms. The van der Waals surface area contributed by atoms with Gasteiger partial charge in [0.2, 0.25) is 0 Å². The van der Waals surface area contributed by atoms with E-state index in [2.05, 4.69) is 0 Å². The number of benzene rings is 2. The molecule has 0 aliphatic carbocycles. The molecule has 2 aromatic rings. The van der Waals surface area contributed by atoms with Crippen LogP contribution in [0.5, 0.6) is 5.75 Å². The van der Waals surface area contributed by atoms with E-state index in [-0.39, 0.29) is 18.7 Å². The summed E-state index contributed by atoms with van der Waals surface area (Å²) in [6.45, 7) is -0.132. The van der Waals surface area contributed by atoms with Gasteiger partial charge < -0.3 is 14.4 Å². The Kier molecular flexibility index (Phi) is 6.59. The van der Waals surface area contributed by atoms with Gasteiger partial charge in [0.25, 0.3) is 5.91 Å². The average molecular weight is 425 g/mol. The lowest BCUT2D eigenvalue weighted by Gasteiger charge is -2.31. The molecule has 30 heavy (non-hydrogen) atoms. The first-order valence-corrected chi connectivity index (χ1v) is 9.28. The number of halogens is 4. The van der Waals surface area contributed by atoms with Crippen LogP contribution in [0.4, 0.5) is 17.6 Å². The molecule has 2 aromatic carbocycles. The molecular formula is C21H19F4NO4. The average Bonchev–Trinajstić information content (AvgIpc) is 2.72. The molecule has 1 aliphatic rings. The lowest BCUT2D eigenvalue weighted by molar-refractivity contribution is -0.154. The second-order valence-electron chi connectivity index (χ2n) is 6.74. The maximum Gasteiger partial charge on any atom is 0.419 e. The highest BCUT2D eigenvalue weighted by molar-refractivity contribution is 5.94. The van der Waals surface area contributed by atoms with Crippen LogP contribution in [0.15, 0.2) is 48.5 Å². The summed E-state index contributed by atoms with van der Waals surface area (Å²) < 4.78 is 62.8. The molecule has 160 valence electrons. The van der Waals surface area contributed by atoms with Crippen molar-refractivity contribution in [1.29, 1.82) is 0 Å². The van der Waals surface area contributed by atoms with Crippen LogP contribution in [0, 0.1) is 5.82 Å². The highest BCUT2D eigenvalue weighted by atomic mass is 19.4. The normalized spacial score (nSPS) is 15.0. The molecule has 1 saturated heterocycles. The Morgan fingerprint density at radius 2 is 1.63 bits per heavy atom. The minimum absolute atomic E-state index is 0.0234. The largest absolute Gasteiger partial charge is 0.481 e. The van der Waals surface area contributed by atoms with E-state index in [1.165, 1.54) is 35.2 Å². The lowest BCUT2D eigenvalue weighted by Crippen LogP contribution is -2.42. The number of piperidine rings is 1. The Morgan fingerprint density at radius 3 is 2.30 bits per heavy atom. The van der Waals surface area contributed by atoms with Crippen LogP contribution >= 0.6 is 0 Å². The Balaban J connectivity index is 1.48. The van der Waals surface area contributed by atoms with Crippen molar-refractivity contribution in [3.05, 3.63) is 65.5 Å². The number of carbonyl (C=O) groups is 2. The van der Waals surface area contributed by atoms with E-state index < -0.39 is 47.9 Å². The maximum atomic E-state index is 13.8. The smallest absolute Gasteiger partial charge is 0.419 e. The Morgan fingerprint density at radius 1 is 1.00 bits per heavy atom. The third-order valence-electron chi connectivity index (χ3n) is 4.67. The number of hydrogen-bond donors (Lipinski definition) is 0. The molecule has 0 saturated carbocycles. The van der Waals surface area contributed by atoms with Crippen LogP contribution in [0.25, 0.3) is 0 Å². The van der Waals surface area contributed by atoms with Gasteiger partial charge in [-0.1, -0.05) is 24.3 Å². The van der Waals surface area contributed by atoms with Crippen LogP contribution in [0.1, 0.15) is 28.8 Å². The van der Waals surface area contributed by atoms with Gasteiger partial charge in [-0.2, -0.15) is 13.2 Å². The van der Waals surface area contributed by atoms with Crippen molar-refractivity contribution >= 4 is 11.9 Å². The van der Waals surface area contributed by atoms with Gasteiger partial charge in [-0.15, -0.1) is 0 Å². The number of para-hydroxylation sites is 1.